The summed E-state index contributed by atoms with van der Waals surface area (Å²) in [5.41, 5.74) is -0.816. The van der Waals surface area contributed by atoms with Crippen molar-refractivity contribution in [2.75, 3.05) is 7.05 Å². The van der Waals surface area contributed by atoms with Crippen molar-refractivity contribution in [3.8, 4) is 0 Å². The van der Waals surface area contributed by atoms with E-state index < -0.39 is 53.4 Å². The van der Waals surface area contributed by atoms with E-state index in [9.17, 15) is 28.8 Å². The van der Waals surface area contributed by atoms with Gasteiger partial charge in [0.1, 0.15) is 12.3 Å². The Hall–Kier alpha value is -4.64. The molecule has 0 unspecified atom stereocenters. The number of esters is 1. The topological polar surface area (TPSA) is 134 Å². The molecule has 5 rings (SSSR count). The van der Waals surface area contributed by atoms with E-state index >= 15 is 0 Å². The maximum Gasteiger partial charge on any atom is 0.340 e. The highest BCUT2D eigenvalue weighted by Crippen LogP contribution is 2.32. The van der Waals surface area contributed by atoms with E-state index in [-0.39, 0.29) is 34.2 Å². The Morgan fingerprint density at radius 3 is 2.36 bits per heavy atom. The first-order chi connectivity index (χ1) is 18.6. The lowest BCUT2D eigenvalue weighted by atomic mass is 10.1. The van der Waals surface area contributed by atoms with Gasteiger partial charge in [0.2, 0.25) is 0 Å². The number of fused-ring (bicyclic) bond motifs is 1. The standard InChI is InChI=1S/C28H25N3O8/c1-4-20-21(39-27(36)17-10-11-18-19(12-17)26(35)29(3)25(18)34)13-22(38-20)30-14-15(2)23(32)31(28(30)37)24(33)16-8-6-5-7-9-16/h5-12,14,20-22H,4,13H2,1-3H3/t20-,21-,22-/m1/s1. The highest BCUT2D eigenvalue weighted by Gasteiger charge is 2.40. The molecule has 1 aromatic heterocycles. The van der Waals surface area contributed by atoms with E-state index in [2.05, 4.69) is 0 Å². The Kier molecular flexibility index (Phi) is 6.61. The van der Waals surface area contributed by atoms with Gasteiger partial charge in [0.05, 0.1) is 22.8 Å². The molecular weight excluding hydrogens is 506 g/mol. The van der Waals surface area contributed by atoms with Gasteiger partial charge in [-0.3, -0.25) is 28.6 Å². The van der Waals surface area contributed by atoms with Crippen molar-refractivity contribution in [3.63, 3.8) is 0 Å². The molecule has 11 nitrogen and oxygen atoms in total. The summed E-state index contributed by atoms with van der Waals surface area (Å²) in [4.78, 5) is 77.6. The van der Waals surface area contributed by atoms with Crippen LogP contribution in [0.4, 0.5) is 0 Å². The zero-order chi connectivity index (χ0) is 28.0. The molecule has 2 amide bonds. The van der Waals surface area contributed by atoms with Crippen LogP contribution < -0.4 is 11.2 Å². The molecule has 39 heavy (non-hydrogen) atoms. The second-order valence-corrected chi connectivity index (χ2v) is 9.46. The van der Waals surface area contributed by atoms with E-state index in [1.165, 1.54) is 55.1 Å². The molecule has 0 N–H and O–H groups in total. The van der Waals surface area contributed by atoms with Crippen molar-refractivity contribution in [1.82, 2.24) is 14.0 Å². The van der Waals surface area contributed by atoms with Crippen molar-refractivity contribution in [2.45, 2.75) is 45.1 Å². The van der Waals surface area contributed by atoms with Gasteiger partial charge in [0, 0.05) is 30.8 Å². The zero-order valence-electron chi connectivity index (χ0n) is 21.5. The molecular formula is C28H25N3O8. The average Bonchev–Trinajstić information content (AvgIpc) is 3.44. The molecule has 1 saturated heterocycles. The number of ether oxygens (including phenoxy) is 2. The van der Waals surface area contributed by atoms with Crippen molar-refractivity contribution in [3.05, 3.63) is 103 Å². The van der Waals surface area contributed by atoms with Crippen molar-refractivity contribution in [1.29, 1.82) is 0 Å². The molecule has 2 aliphatic rings. The lowest BCUT2D eigenvalue weighted by Gasteiger charge is -2.17. The minimum atomic E-state index is -0.901. The maximum absolute atomic E-state index is 13.3. The first-order valence-corrected chi connectivity index (χ1v) is 12.4. The first-order valence-electron chi connectivity index (χ1n) is 12.4. The summed E-state index contributed by atoms with van der Waals surface area (Å²) in [7, 11) is 1.37. The van der Waals surface area contributed by atoms with Crippen LogP contribution >= 0.6 is 0 Å². The summed E-state index contributed by atoms with van der Waals surface area (Å²) < 4.78 is 13.5. The molecule has 2 aliphatic heterocycles. The van der Waals surface area contributed by atoms with Crippen LogP contribution in [-0.2, 0) is 9.47 Å². The molecule has 0 radical (unpaired) electrons. The molecule has 0 saturated carbocycles. The fourth-order valence-corrected chi connectivity index (χ4v) is 4.84. The molecule has 1 fully saturated rings. The second kappa shape index (κ2) is 9.91. The van der Waals surface area contributed by atoms with Gasteiger partial charge in [0.15, 0.2) is 0 Å². The minimum Gasteiger partial charge on any atom is -0.456 e. The predicted octanol–water partition coefficient (Wildman–Crippen LogP) is 2.16. The smallest absolute Gasteiger partial charge is 0.340 e. The summed E-state index contributed by atoms with van der Waals surface area (Å²) in [5.74, 6) is -2.42. The summed E-state index contributed by atoms with van der Waals surface area (Å²) in [6, 6.07) is 12.1. The van der Waals surface area contributed by atoms with E-state index in [1.807, 2.05) is 6.92 Å². The Bertz CT molecular complexity index is 1640. The number of carbonyl (C=O) groups excluding carboxylic acids is 4. The number of hydrogen-bond acceptors (Lipinski definition) is 8. The minimum absolute atomic E-state index is 0.0897. The van der Waals surface area contributed by atoms with Gasteiger partial charge in [-0.25, -0.2) is 9.59 Å². The van der Waals surface area contributed by atoms with Crippen LogP contribution in [0.25, 0.3) is 0 Å². The van der Waals surface area contributed by atoms with Crippen LogP contribution in [0.3, 0.4) is 0 Å². The quantitative estimate of drug-likeness (QED) is 0.361. The van der Waals surface area contributed by atoms with E-state index in [0.29, 0.717) is 11.0 Å². The molecule has 0 aliphatic carbocycles. The number of aromatic nitrogens is 2. The zero-order valence-corrected chi connectivity index (χ0v) is 21.5. The Labute approximate surface area is 222 Å². The lowest BCUT2D eigenvalue weighted by Crippen LogP contribution is -2.45. The molecule has 3 atom stereocenters. The maximum atomic E-state index is 13.3. The average molecular weight is 532 g/mol. The third-order valence-electron chi connectivity index (χ3n) is 6.99. The van der Waals surface area contributed by atoms with Gasteiger partial charge in [0.25, 0.3) is 23.3 Å². The Morgan fingerprint density at radius 2 is 1.67 bits per heavy atom. The molecule has 3 heterocycles. The van der Waals surface area contributed by atoms with Gasteiger partial charge >= 0.3 is 11.7 Å². The number of hydrogen-bond donors (Lipinski definition) is 0. The number of benzene rings is 2. The molecule has 11 heteroatoms. The number of amides is 2. The molecule has 3 aromatic rings. The van der Waals surface area contributed by atoms with Crippen molar-refractivity contribution in [2.24, 2.45) is 0 Å². The highest BCUT2D eigenvalue weighted by molar-refractivity contribution is 6.21. The summed E-state index contributed by atoms with van der Waals surface area (Å²) in [6.45, 7) is 3.32. The monoisotopic (exact) mass is 531 g/mol. The summed E-state index contributed by atoms with van der Waals surface area (Å²) in [5, 5.41) is 0. The van der Waals surface area contributed by atoms with E-state index in [4.69, 9.17) is 9.47 Å². The Balaban J connectivity index is 1.41. The van der Waals surface area contributed by atoms with Crippen LogP contribution in [-0.4, -0.2) is 57.0 Å². The lowest BCUT2D eigenvalue weighted by molar-refractivity contribution is -0.0312. The number of aryl methyl sites for hydroxylation is 1. The van der Waals surface area contributed by atoms with Crippen LogP contribution in [0.2, 0.25) is 0 Å². The normalized spacial score (nSPS) is 20.3. The molecule has 0 bridgehead atoms. The fraction of sp³-hybridized carbons (Fsp3) is 0.286. The number of carbonyl (C=O) groups is 4. The largest absolute Gasteiger partial charge is 0.456 e. The van der Waals surface area contributed by atoms with E-state index in [1.54, 1.807) is 18.2 Å². The van der Waals surface area contributed by atoms with Gasteiger partial charge in [-0.15, -0.1) is 0 Å². The van der Waals surface area contributed by atoms with Gasteiger partial charge in [-0.05, 0) is 43.7 Å². The van der Waals surface area contributed by atoms with Crippen molar-refractivity contribution >= 4 is 23.7 Å². The van der Waals surface area contributed by atoms with Gasteiger partial charge < -0.3 is 9.47 Å². The number of nitrogens with zero attached hydrogens (tertiary/aromatic N) is 3. The van der Waals surface area contributed by atoms with Crippen LogP contribution in [0.15, 0.2) is 64.3 Å². The summed E-state index contributed by atoms with van der Waals surface area (Å²) in [6.07, 6.45) is -0.347. The first kappa shape index (κ1) is 26.0. The Morgan fingerprint density at radius 1 is 0.974 bits per heavy atom. The van der Waals surface area contributed by atoms with Crippen LogP contribution in [0, 0.1) is 6.92 Å². The number of imide groups is 1. The van der Waals surface area contributed by atoms with Gasteiger partial charge in [-0.2, -0.15) is 4.57 Å². The van der Waals surface area contributed by atoms with Gasteiger partial charge in [-0.1, -0.05) is 25.1 Å². The molecule has 2 aromatic carbocycles. The molecule has 0 spiro atoms. The van der Waals surface area contributed by atoms with E-state index in [0.717, 1.165) is 4.90 Å². The van der Waals surface area contributed by atoms with Crippen LogP contribution in [0.5, 0.6) is 0 Å². The summed E-state index contributed by atoms with van der Waals surface area (Å²) >= 11 is 0. The SMILES string of the molecule is CC[C@H]1O[C@@H](n2cc(C)c(=O)n(C(=O)c3ccccc3)c2=O)C[C@H]1OC(=O)c1ccc2c(c1)C(=O)N(C)C2=O. The van der Waals surface area contributed by atoms with Crippen molar-refractivity contribution < 1.29 is 28.7 Å². The fourth-order valence-electron chi connectivity index (χ4n) is 4.84. The molecule has 200 valence electrons. The predicted molar refractivity (Wildman–Crippen MR) is 137 cm³/mol. The highest BCUT2D eigenvalue weighted by atomic mass is 16.6. The third-order valence-corrected chi connectivity index (χ3v) is 6.99. The second-order valence-electron chi connectivity index (χ2n) is 9.46. The number of rotatable bonds is 5. The van der Waals surface area contributed by atoms with Crippen LogP contribution in [0.1, 0.15) is 73.0 Å². The third kappa shape index (κ3) is 4.40.